The maximum absolute atomic E-state index is 12.6. The van der Waals surface area contributed by atoms with Crippen LogP contribution < -0.4 is 5.32 Å². The van der Waals surface area contributed by atoms with Gasteiger partial charge in [0.2, 0.25) is 5.91 Å². The van der Waals surface area contributed by atoms with Crippen molar-refractivity contribution >= 4 is 29.1 Å². The molecule has 25 heavy (non-hydrogen) atoms. The van der Waals surface area contributed by atoms with E-state index in [-0.39, 0.29) is 12.5 Å². The molecule has 0 spiro atoms. The van der Waals surface area contributed by atoms with Crippen LogP contribution in [0, 0.1) is 0 Å². The van der Waals surface area contributed by atoms with Crippen LogP contribution in [0.3, 0.4) is 0 Å². The summed E-state index contributed by atoms with van der Waals surface area (Å²) in [6.07, 6.45) is 0.547. The first-order valence-corrected chi connectivity index (χ1v) is 8.74. The highest BCUT2D eigenvalue weighted by atomic mass is 32.1. The molecule has 2 rings (SSSR count). The summed E-state index contributed by atoms with van der Waals surface area (Å²) in [6, 6.07) is 12.1. The van der Waals surface area contributed by atoms with Crippen LogP contribution in [0.2, 0.25) is 0 Å². The lowest BCUT2D eigenvalue weighted by Gasteiger charge is -2.24. The minimum atomic E-state index is -1.09. The highest BCUT2D eigenvalue weighted by Gasteiger charge is 2.24. The minimum absolute atomic E-state index is 0.272. The highest BCUT2D eigenvalue weighted by molar-refractivity contribution is 7.12. The van der Waals surface area contributed by atoms with Crippen LogP contribution in [-0.2, 0) is 16.0 Å². The molecule has 0 aliphatic carbocycles. The van der Waals surface area contributed by atoms with Gasteiger partial charge in [0.25, 0.3) is 5.91 Å². The molecule has 0 saturated heterocycles. The fraction of sp³-hybridized carbons (Fsp3) is 0.278. The predicted octanol–water partition coefficient (Wildman–Crippen LogP) is 2.02. The first-order valence-electron chi connectivity index (χ1n) is 7.86. The Morgan fingerprint density at radius 1 is 1.16 bits per heavy atom. The lowest BCUT2D eigenvalue weighted by atomic mass is 10.1. The molecule has 2 N–H and O–H groups in total. The molecule has 1 atom stereocenters. The van der Waals surface area contributed by atoms with Gasteiger partial charge in [0, 0.05) is 6.54 Å². The Morgan fingerprint density at radius 2 is 1.88 bits per heavy atom. The molecule has 0 radical (unpaired) electrons. The van der Waals surface area contributed by atoms with E-state index in [0.29, 0.717) is 11.3 Å². The van der Waals surface area contributed by atoms with Crippen molar-refractivity contribution in [1.29, 1.82) is 0 Å². The normalized spacial score (nSPS) is 11.6. The van der Waals surface area contributed by atoms with Crippen LogP contribution in [0.25, 0.3) is 0 Å². The minimum Gasteiger partial charge on any atom is -0.480 e. The number of carbonyl (C=O) groups excluding carboxylic acids is 2. The molecule has 1 heterocycles. The summed E-state index contributed by atoms with van der Waals surface area (Å²) in [7, 11) is 0. The lowest BCUT2D eigenvalue weighted by molar-refractivity contribution is -0.145. The summed E-state index contributed by atoms with van der Waals surface area (Å²) in [6.45, 7) is 1.43. The monoisotopic (exact) mass is 360 g/mol. The number of benzene rings is 1. The first kappa shape index (κ1) is 18.7. The summed E-state index contributed by atoms with van der Waals surface area (Å²) >= 11 is 1.28. The highest BCUT2D eigenvalue weighted by Crippen LogP contribution is 2.09. The van der Waals surface area contributed by atoms with E-state index in [4.69, 9.17) is 5.11 Å². The third-order valence-electron chi connectivity index (χ3n) is 3.61. The molecule has 2 aromatic rings. The number of amides is 2. The van der Waals surface area contributed by atoms with E-state index in [2.05, 4.69) is 5.32 Å². The average molecular weight is 360 g/mol. The molecule has 1 aromatic carbocycles. The molecular formula is C18H20N2O4S. The summed E-state index contributed by atoms with van der Waals surface area (Å²) in [5.74, 6) is -1.84. The van der Waals surface area contributed by atoms with Crippen LogP contribution in [0.15, 0.2) is 47.8 Å². The summed E-state index contributed by atoms with van der Waals surface area (Å²) in [5, 5.41) is 13.5. The summed E-state index contributed by atoms with van der Waals surface area (Å²) in [5.41, 5.74) is 1.01. The van der Waals surface area contributed by atoms with Crippen molar-refractivity contribution in [2.24, 2.45) is 0 Å². The number of hydrogen-bond acceptors (Lipinski definition) is 4. The van der Waals surface area contributed by atoms with Gasteiger partial charge in [0.15, 0.2) is 0 Å². The maximum Gasteiger partial charge on any atom is 0.323 e. The molecule has 0 aliphatic rings. The van der Waals surface area contributed by atoms with Gasteiger partial charge < -0.3 is 15.3 Å². The number of thiophene rings is 1. The largest absolute Gasteiger partial charge is 0.480 e. The predicted molar refractivity (Wildman–Crippen MR) is 95.6 cm³/mol. The van der Waals surface area contributed by atoms with Gasteiger partial charge >= 0.3 is 5.97 Å². The Balaban J connectivity index is 1.98. The van der Waals surface area contributed by atoms with Crippen molar-refractivity contribution in [1.82, 2.24) is 10.2 Å². The number of nitrogens with zero attached hydrogens (tertiary/aromatic N) is 1. The molecule has 0 aliphatic heterocycles. The van der Waals surface area contributed by atoms with Crippen molar-refractivity contribution in [3.8, 4) is 0 Å². The molecule has 0 fully saturated rings. The third kappa shape index (κ3) is 5.72. The van der Waals surface area contributed by atoms with Crippen LogP contribution in [-0.4, -0.2) is 46.9 Å². The van der Waals surface area contributed by atoms with E-state index in [9.17, 15) is 14.4 Å². The Morgan fingerprint density at radius 3 is 2.48 bits per heavy atom. The van der Waals surface area contributed by atoms with Gasteiger partial charge in [0.05, 0.1) is 4.88 Å². The zero-order valence-corrected chi connectivity index (χ0v) is 14.7. The van der Waals surface area contributed by atoms with Crippen molar-refractivity contribution in [3.05, 3.63) is 58.3 Å². The number of carboxylic acids is 1. The molecule has 7 heteroatoms. The lowest BCUT2D eigenvalue weighted by Crippen LogP contribution is -2.49. The quantitative estimate of drug-likeness (QED) is 0.754. The van der Waals surface area contributed by atoms with Gasteiger partial charge in [-0.3, -0.25) is 14.4 Å². The zero-order valence-electron chi connectivity index (χ0n) is 13.8. The molecular weight excluding hydrogens is 340 g/mol. The van der Waals surface area contributed by atoms with Crippen LogP contribution in [0.4, 0.5) is 0 Å². The molecule has 2 amide bonds. The Bertz CT molecular complexity index is 716. The molecule has 132 valence electrons. The van der Waals surface area contributed by atoms with E-state index in [1.54, 1.807) is 24.4 Å². The van der Waals surface area contributed by atoms with Gasteiger partial charge in [-0.25, -0.2) is 0 Å². The average Bonchev–Trinajstić information content (AvgIpc) is 3.13. The van der Waals surface area contributed by atoms with E-state index in [1.165, 1.54) is 16.2 Å². The van der Waals surface area contributed by atoms with E-state index in [0.717, 1.165) is 5.56 Å². The number of rotatable bonds is 8. The van der Waals surface area contributed by atoms with Crippen LogP contribution >= 0.6 is 11.3 Å². The van der Waals surface area contributed by atoms with E-state index in [1.807, 2.05) is 30.3 Å². The van der Waals surface area contributed by atoms with Crippen molar-refractivity contribution < 1.29 is 19.5 Å². The Hall–Kier alpha value is -2.67. The second-order valence-electron chi connectivity index (χ2n) is 5.56. The topological polar surface area (TPSA) is 86.7 Å². The van der Waals surface area contributed by atoms with Crippen LogP contribution in [0.1, 0.15) is 22.2 Å². The molecule has 1 aromatic heterocycles. The molecule has 1 unspecified atom stereocenters. The second-order valence-corrected chi connectivity index (χ2v) is 6.51. The van der Waals surface area contributed by atoms with E-state index < -0.39 is 24.5 Å². The van der Waals surface area contributed by atoms with Crippen molar-refractivity contribution in [3.63, 3.8) is 0 Å². The maximum atomic E-state index is 12.6. The van der Waals surface area contributed by atoms with Crippen molar-refractivity contribution in [2.45, 2.75) is 19.4 Å². The second kappa shape index (κ2) is 8.98. The van der Waals surface area contributed by atoms with Crippen molar-refractivity contribution in [2.75, 3.05) is 13.1 Å². The zero-order chi connectivity index (χ0) is 18.2. The molecule has 6 nitrogen and oxygen atoms in total. The van der Waals surface area contributed by atoms with Crippen LogP contribution in [0.5, 0.6) is 0 Å². The Kier molecular flexibility index (Phi) is 6.71. The number of nitrogens with one attached hydrogen (secondary N) is 1. The number of carboxylic acid groups (broad SMARTS) is 1. The van der Waals surface area contributed by atoms with Gasteiger partial charge in [0.1, 0.15) is 12.6 Å². The summed E-state index contributed by atoms with van der Waals surface area (Å²) in [4.78, 5) is 37.5. The third-order valence-corrected chi connectivity index (χ3v) is 4.48. The summed E-state index contributed by atoms with van der Waals surface area (Å²) < 4.78 is 0. The fourth-order valence-corrected chi connectivity index (χ4v) is 2.98. The van der Waals surface area contributed by atoms with Gasteiger partial charge in [-0.1, -0.05) is 36.4 Å². The Labute approximate surface area is 150 Å². The smallest absolute Gasteiger partial charge is 0.323 e. The number of aliphatic carboxylic acids is 1. The SMILES string of the molecule is CC(NC(=O)c1cccs1)C(=O)N(CCc1ccccc1)CC(=O)O. The number of hydrogen-bond donors (Lipinski definition) is 2. The molecule has 0 bridgehead atoms. The van der Waals surface area contributed by atoms with Gasteiger partial charge in [-0.15, -0.1) is 11.3 Å². The fourth-order valence-electron chi connectivity index (χ4n) is 2.35. The first-order chi connectivity index (χ1) is 12.0. The van der Waals surface area contributed by atoms with Gasteiger partial charge in [-0.05, 0) is 30.4 Å². The molecule has 0 saturated carbocycles. The standard InChI is InChI=1S/C18H20N2O4S/c1-13(19-17(23)15-8-5-11-25-15)18(24)20(12-16(21)22)10-9-14-6-3-2-4-7-14/h2-8,11,13H,9-10,12H2,1H3,(H,19,23)(H,21,22). The van der Waals surface area contributed by atoms with E-state index >= 15 is 0 Å². The van der Waals surface area contributed by atoms with Gasteiger partial charge in [-0.2, -0.15) is 0 Å². The number of carbonyl (C=O) groups is 3.